The molecule has 0 atom stereocenters. The quantitative estimate of drug-likeness (QED) is 0.545. The van der Waals surface area contributed by atoms with Gasteiger partial charge in [0, 0.05) is 18.1 Å². The molecule has 0 spiro atoms. The second kappa shape index (κ2) is 8.14. The van der Waals surface area contributed by atoms with Gasteiger partial charge in [-0.1, -0.05) is 19.9 Å². The average molecular weight is 270 g/mol. The molecule has 19 heavy (non-hydrogen) atoms. The van der Waals surface area contributed by atoms with Gasteiger partial charge < -0.3 is 19.5 Å². The Balaban J connectivity index is 2.38. The summed E-state index contributed by atoms with van der Waals surface area (Å²) >= 11 is 0. The highest BCUT2D eigenvalue weighted by atomic mass is 19.1. The normalized spacial score (nSPS) is 10.8. The molecule has 0 fully saturated rings. The van der Waals surface area contributed by atoms with Gasteiger partial charge in [-0.05, 0) is 18.4 Å². The molecule has 0 saturated carbocycles. The topological polar surface area (TPSA) is 58.9 Å². The van der Waals surface area contributed by atoms with Gasteiger partial charge >= 0.3 is 7.12 Å². The Morgan fingerprint density at radius 2 is 1.95 bits per heavy atom. The summed E-state index contributed by atoms with van der Waals surface area (Å²) in [6.07, 6.45) is 0.973. The van der Waals surface area contributed by atoms with Crippen LogP contribution in [0.2, 0.25) is 0 Å². The molecule has 1 aromatic carbocycles. The fourth-order valence-corrected chi connectivity index (χ4v) is 1.48. The molecule has 0 aliphatic rings. The van der Waals surface area contributed by atoms with Gasteiger partial charge in [0.25, 0.3) is 0 Å². The van der Waals surface area contributed by atoms with E-state index >= 15 is 0 Å². The van der Waals surface area contributed by atoms with Crippen LogP contribution in [0, 0.1) is 11.7 Å². The first-order valence-corrected chi connectivity index (χ1v) is 6.37. The molecule has 0 aliphatic heterocycles. The van der Waals surface area contributed by atoms with Crippen molar-refractivity contribution in [1.82, 2.24) is 0 Å². The van der Waals surface area contributed by atoms with E-state index < -0.39 is 12.9 Å². The fraction of sp³-hybridized carbons (Fsp3) is 0.538. The predicted octanol–water partition coefficient (Wildman–Crippen LogP) is 0.947. The molecule has 106 valence electrons. The van der Waals surface area contributed by atoms with Crippen LogP contribution in [-0.4, -0.2) is 37.0 Å². The van der Waals surface area contributed by atoms with E-state index in [4.69, 9.17) is 19.5 Å². The van der Waals surface area contributed by atoms with Crippen molar-refractivity contribution >= 4 is 12.6 Å². The van der Waals surface area contributed by atoms with E-state index in [0.717, 1.165) is 18.6 Å². The lowest BCUT2D eigenvalue weighted by Gasteiger charge is -2.12. The summed E-state index contributed by atoms with van der Waals surface area (Å²) in [6, 6.07) is 3.57. The van der Waals surface area contributed by atoms with Gasteiger partial charge in [-0.15, -0.1) is 0 Å². The smallest absolute Gasteiger partial charge is 0.491 e. The van der Waals surface area contributed by atoms with Gasteiger partial charge in [-0.3, -0.25) is 0 Å². The molecular formula is C13H20BFO4. The largest absolute Gasteiger partial charge is 0.492 e. The Morgan fingerprint density at radius 3 is 2.58 bits per heavy atom. The van der Waals surface area contributed by atoms with Crippen LogP contribution >= 0.6 is 0 Å². The standard InChI is InChI=1S/C13H20BFO4/c1-10(2)5-6-18-7-8-19-13-9-11(15)3-4-12(13)14(16)17/h3-4,9-10,16-17H,5-8H2,1-2H3. The van der Waals surface area contributed by atoms with Crippen molar-refractivity contribution in [3.05, 3.63) is 24.0 Å². The Labute approximate surface area is 113 Å². The highest BCUT2D eigenvalue weighted by molar-refractivity contribution is 6.59. The van der Waals surface area contributed by atoms with Gasteiger partial charge in [0.15, 0.2) is 0 Å². The Morgan fingerprint density at radius 1 is 1.21 bits per heavy atom. The van der Waals surface area contributed by atoms with Gasteiger partial charge in [-0.2, -0.15) is 0 Å². The van der Waals surface area contributed by atoms with Gasteiger partial charge in [0.2, 0.25) is 0 Å². The van der Waals surface area contributed by atoms with Crippen molar-refractivity contribution in [2.24, 2.45) is 5.92 Å². The summed E-state index contributed by atoms with van der Waals surface area (Å²) in [4.78, 5) is 0. The summed E-state index contributed by atoms with van der Waals surface area (Å²) in [6.45, 7) is 5.49. The monoisotopic (exact) mass is 270 g/mol. The predicted molar refractivity (Wildman–Crippen MR) is 72.0 cm³/mol. The van der Waals surface area contributed by atoms with E-state index in [1.165, 1.54) is 6.07 Å². The number of hydrogen-bond acceptors (Lipinski definition) is 4. The summed E-state index contributed by atoms with van der Waals surface area (Å²) in [7, 11) is -1.68. The van der Waals surface area contributed by atoms with Crippen molar-refractivity contribution in [2.75, 3.05) is 19.8 Å². The summed E-state index contributed by atoms with van der Waals surface area (Å²) < 4.78 is 23.7. The van der Waals surface area contributed by atoms with Crippen molar-refractivity contribution in [1.29, 1.82) is 0 Å². The van der Waals surface area contributed by atoms with E-state index in [-0.39, 0.29) is 17.8 Å². The zero-order chi connectivity index (χ0) is 14.3. The van der Waals surface area contributed by atoms with Crippen LogP contribution in [0.5, 0.6) is 5.75 Å². The number of ether oxygens (including phenoxy) is 2. The van der Waals surface area contributed by atoms with Crippen LogP contribution in [0.1, 0.15) is 20.3 Å². The molecule has 2 N–H and O–H groups in total. The summed E-state index contributed by atoms with van der Waals surface area (Å²) in [5.74, 6) is 0.225. The molecule has 0 saturated heterocycles. The number of halogens is 1. The van der Waals surface area contributed by atoms with Gasteiger partial charge in [0.05, 0.1) is 6.61 Å². The third kappa shape index (κ3) is 6.05. The highest BCUT2D eigenvalue weighted by Crippen LogP contribution is 2.10. The maximum absolute atomic E-state index is 13.1. The number of rotatable bonds is 8. The molecule has 0 bridgehead atoms. The summed E-state index contributed by atoms with van der Waals surface area (Å²) in [5, 5.41) is 18.2. The lowest BCUT2D eigenvalue weighted by atomic mass is 9.79. The lowest BCUT2D eigenvalue weighted by molar-refractivity contribution is 0.0927. The molecule has 0 aliphatic carbocycles. The third-order valence-corrected chi connectivity index (χ3v) is 2.58. The van der Waals surface area contributed by atoms with Crippen LogP contribution in [0.3, 0.4) is 0 Å². The number of benzene rings is 1. The average Bonchev–Trinajstić information content (AvgIpc) is 2.33. The SMILES string of the molecule is CC(C)CCOCCOc1cc(F)ccc1B(O)O. The van der Waals surface area contributed by atoms with Crippen molar-refractivity contribution < 1.29 is 23.9 Å². The Hall–Kier alpha value is -1.11. The number of hydrogen-bond donors (Lipinski definition) is 2. The molecule has 1 aromatic rings. The maximum atomic E-state index is 13.1. The first kappa shape index (κ1) is 16.0. The summed E-state index contributed by atoms with van der Waals surface area (Å²) in [5.41, 5.74) is 0.142. The van der Waals surface area contributed by atoms with Crippen LogP contribution in [0.25, 0.3) is 0 Å². The van der Waals surface area contributed by atoms with Gasteiger partial charge in [-0.25, -0.2) is 4.39 Å². The first-order chi connectivity index (χ1) is 9.00. The maximum Gasteiger partial charge on any atom is 0.492 e. The zero-order valence-electron chi connectivity index (χ0n) is 11.3. The second-order valence-electron chi connectivity index (χ2n) is 4.70. The van der Waals surface area contributed by atoms with Crippen molar-refractivity contribution in [2.45, 2.75) is 20.3 Å². The van der Waals surface area contributed by atoms with E-state index in [0.29, 0.717) is 19.1 Å². The van der Waals surface area contributed by atoms with E-state index in [9.17, 15) is 4.39 Å². The van der Waals surface area contributed by atoms with E-state index in [1.807, 2.05) is 0 Å². The first-order valence-electron chi connectivity index (χ1n) is 6.37. The van der Waals surface area contributed by atoms with Crippen LogP contribution in [0.15, 0.2) is 18.2 Å². The van der Waals surface area contributed by atoms with Crippen LogP contribution in [0.4, 0.5) is 4.39 Å². The molecule has 0 unspecified atom stereocenters. The minimum atomic E-state index is -1.68. The fourth-order valence-electron chi connectivity index (χ4n) is 1.48. The van der Waals surface area contributed by atoms with E-state index in [1.54, 1.807) is 0 Å². The highest BCUT2D eigenvalue weighted by Gasteiger charge is 2.17. The minimum absolute atomic E-state index is 0.127. The molecule has 4 nitrogen and oxygen atoms in total. The minimum Gasteiger partial charge on any atom is -0.491 e. The van der Waals surface area contributed by atoms with Crippen molar-refractivity contribution in [3.63, 3.8) is 0 Å². The Kier molecular flexibility index (Phi) is 6.84. The second-order valence-corrected chi connectivity index (χ2v) is 4.70. The molecule has 0 amide bonds. The molecular weight excluding hydrogens is 250 g/mol. The lowest BCUT2D eigenvalue weighted by Crippen LogP contribution is -2.32. The molecule has 6 heteroatoms. The molecule has 0 heterocycles. The molecule has 1 rings (SSSR count). The van der Waals surface area contributed by atoms with Crippen LogP contribution in [-0.2, 0) is 4.74 Å². The molecule has 0 aromatic heterocycles. The van der Waals surface area contributed by atoms with E-state index in [2.05, 4.69) is 13.8 Å². The van der Waals surface area contributed by atoms with Crippen molar-refractivity contribution in [3.8, 4) is 5.75 Å². The Bertz CT molecular complexity index is 385. The molecule has 0 radical (unpaired) electrons. The third-order valence-electron chi connectivity index (χ3n) is 2.58. The van der Waals surface area contributed by atoms with Gasteiger partial charge in [0.1, 0.15) is 18.2 Å². The zero-order valence-corrected chi connectivity index (χ0v) is 11.3. The van der Waals surface area contributed by atoms with Crippen LogP contribution < -0.4 is 10.2 Å².